The molecule has 1 aliphatic heterocycles. The van der Waals surface area contributed by atoms with E-state index in [2.05, 4.69) is 44.6 Å². The molecule has 2 aliphatic carbocycles. The van der Waals surface area contributed by atoms with E-state index >= 15 is 0 Å². The Bertz CT molecular complexity index is 1200. The number of nitrogens with zero attached hydrogens (tertiary/aromatic N) is 4. The van der Waals surface area contributed by atoms with E-state index < -0.39 is 5.97 Å². The number of carbonyl (C=O) groups is 2. The summed E-state index contributed by atoms with van der Waals surface area (Å²) >= 11 is 0. The maximum Gasteiger partial charge on any atom is 0.306 e. The number of hydrogen-bond acceptors (Lipinski definition) is 6. The molecule has 3 aliphatic rings. The second kappa shape index (κ2) is 10.1. The van der Waals surface area contributed by atoms with Crippen LogP contribution >= 0.6 is 0 Å². The molecule has 3 aromatic rings. The number of carboxylic acids is 1. The Labute approximate surface area is 203 Å². The zero-order valence-corrected chi connectivity index (χ0v) is 19.6. The summed E-state index contributed by atoms with van der Waals surface area (Å²) < 4.78 is 1.78. The van der Waals surface area contributed by atoms with Crippen molar-refractivity contribution in [1.29, 1.82) is 0 Å². The number of amides is 1. The first-order chi connectivity index (χ1) is 17.0. The predicted octanol–water partition coefficient (Wildman–Crippen LogP) is 3.18. The number of carboxylic acid groups (broad SMARTS) is 1. The normalized spacial score (nSPS) is 20.2. The minimum absolute atomic E-state index is 0.00893. The van der Waals surface area contributed by atoms with Gasteiger partial charge in [-0.3, -0.25) is 19.8 Å². The van der Waals surface area contributed by atoms with E-state index in [1.54, 1.807) is 4.52 Å². The lowest BCUT2D eigenvalue weighted by Crippen LogP contribution is -2.37. The fraction of sp³-hybridized carbons (Fsp3) is 0.462. The zero-order chi connectivity index (χ0) is 24.4. The summed E-state index contributed by atoms with van der Waals surface area (Å²) in [5.41, 5.74) is 3.91. The van der Waals surface area contributed by atoms with Crippen LogP contribution in [-0.2, 0) is 16.1 Å². The molecule has 0 spiro atoms. The molecule has 6 rings (SSSR count). The molecule has 1 unspecified atom stereocenters. The number of fused-ring (bicyclic) bond motifs is 1. The number of aliphatic hydroxyl groups excluding tert-OH is 1. The third kappa shape index (κ3) is 6.04. The number of pyridine rings is 1. The third-order valence-corrected chi connectivity index (χ3v) is 6.61. The summed E-state index contributed by atoms with van der Waals surface area (Å²) in [4.78, 5) is 28.5. The summed E-state index contributed by atoms with van der Waals surface area (Å²) in [5, 5.41) is 25.2. The van der Waals surface area contributed by atoms with Crippen LogP contribution in [0.2, 0.25) is 0 Å². The molecule has 3 fully saturated rings. The predicted molar refractivity (Wildman–Crippen MR) is 131 cm³/mol. The van der Waals surface area contributed by atoms with Crippen molar-refractivity contribution in [3.8, 4) is 11.3 Å². The van der Waals surface area contributed by atoms with E-state index in [1.807, 2.05) is 18.2 Å². The molecule has 0 bridgehead atoms. The van der Waals surface area contributed by atoms with Crippen LogP contribution in [0.1, 0.15) is 44.1 Å². The number of aliphatic hydroxyl groups is 1. The van der Waals surface area contributed by atoms with E-state index in [1.165, 1.54) is 5.56 Å². The van der Waals surface area contributed by atoms with E-state index in [-0.39, 0.29) is 23.8 Å². The Hall–Kier alpha value is -3.30. The molecule has 9 nitrogen and oxygen atoms in total. The fourth-order valence-electron chi connectivity index (χ4n) is 4.28. The summed E-state index contributed by atoms with van der Waals surface area (Å²) in [6, 6.07) is 14.3. The van der Waals surface area contributed by atoms with Crippen LogP contribution in [0.15, 0.2) is 42.5 Å². The number of likely N-dealkylation sites (tertiary alicyclic amines) is 1. The average Bonchev–Trinajstić information content (AvgIpc) is 3.75. The number of aliphatic carboxylic acids is 1. The van der Waals surface area contributed by atoms with Gasteiger partial charge in [0.2, 0.25) is 11.9 Å². The van der Waals surface area contributed by atoms with Crippen LogP contribution < -0.4 is 5.32 Å². The van der Waals surface area contributed by atoms with Crippen molar-refractivity contribution in [3.63, 3.8) is 0 Å². The number of aromatic nitrogens is 3. The van der Waals surface area contributed by atoms with Crippen LogP contribution in [0.3, 0.4) is 0 Å². The van der Waals surface area contributed by atoms with Gasteiger partial charge in [0.25, 0.3) is 0 Å². The molecule has 1 amide bonds. The Morgan fingerprint density at radius 3 is 2.37 bits per heavy atom. The molecule has 1 aromatic carbocycles. The van der Waals surface area contributed by atoms with Gasteiger partial charge in [-0.1, -0.05) is 30.3 Å². The highest BCUT2D eigenvalue weighted by atomic mass is 16.4. The zero-order valence-electron chi connectivity index (χ0n) is 19.6. The highest BCUT2D eigenvalue weighted by molar-refractivity contribution is 5.92. The molecule has 2 saturated carbocycles. The first-order valence-corrected chi connectivity index (χ1v) is 12.4. The summed E-state index contributed by atoms with van der Waals surface area (Å²) in [7, 11) is 0. The van der Waals surface area contributed by atoms with Gasteiger partial charge in [-0.25, -0.2) is 4.52 Å². The van der Waals surface area contributed by atoms with E-state index in [0.29, 0.717) is 11.6 Å². The van der Waals surface area contributed by atoms with Crippen molar-refractivity contribution in [2.24, 2.45) is 11.8 Å². The van der Waals surface area contributed by atoms with Crippen molar-refractivity contribution >= 4 is 23.5 Å². The highest BCUT2D eigenvalue weighted by Gasteiger charge is 2.30. The number of nitrogens with one attached hydrogen (secondary N) is 1. The average molecular weight is 478 g/mol. The summed E-state index contributed by atoms with van der Waals surface area (Å²) in [6.45, 7) is 2.63. The Morgan fingerprint density at radius 2 is 1.74 bits per heavy atom. The Balaban J connectivity index is 0.000000371. The van der Waals surface area contributed by atoms with Gasteiger partial charge in [0.15, 0.2) is 5.65 Å². The number of piperidine rings is 1. The summed E-state index contributed by atoms with van der Waals surface area (Å²) in [6.07, 6.45) is 5.45. The maximum atomic E-state index is 12.0. The second-order valence-corrected chi connectivity index (χ2v) is 9.72. The molecule has 3 N–H and O–H groups in total. The lowest BCUT2D eigenvalue weighted by molar-refractivity contribution is -0.138. The molecule has 3 heterocycles. The molecule has 0 radical (unpaired) electrons. The molecule has 184 valence electrons. The minimum atomic E-state index is -0.630. The number of rotatable bonds is 6. The van der Waals surface area contributed by atoms with E-state index in [9.17, 15) is 14.7 Å². The van der Waals surface area contributed by atoms with Gasteiger partial charge in [-0.2, -0.15) is 4.98 Å². The van der Waals surface area contributed by atoms with Gasteiger partial charge in [-0.05, 0) is 62.8 Å². The van der Waals surface area contributed by atoms with E-state index in [0.717, 1.165) is 69.4 Å². The molecule has 1 atom stereocenters. The minimum Gasteiger partial charge on any atom is -0.481 e. The van der Waals surface area contributed by atoms with Crippen molar-refractivity contribution in [2.75, 3.05) is 18.4 Å². The highest BCUT2D eigenvalue weighted by Crippen LogP contribution is 2.30. The van der Waals surface area contributed by atoms with Gasteiger partial charge in [0.05, 0.1) is 17.7 Å². The number of hydrogen-bond donors (Lipinski definition) is 3. The first kappa shape index (κ1) is 23.4. The molecular formula is C26H31N5O4. The number of carbonyl (C=O) groups excluding carboxylic acids is 1. The maximum absolute atomic E-state index is 12.0. The lowest BCUT2D eigenvalue weighted by atomic mass is 10.1. The van der Waals surface area contributed by atoms with Crippen LogP contribution in [0.5, 0.6) is 0 Å². The van der Waals surface area contributed by atoms with Crippen LogP contribution in [0, 0.1) is 11.8 Å². The van der Waals surface area contributed by atoms with Crippen LogP contribution in [0.4, 0.5) is 5.95 Å². The Morgan fingerprint density at radius 1 is 1.00 bits per heavy atom. The van der Waals surface area contributed by atoms with Gasteiger partial charge < -0.3 is 10.2 Å². The largest absolute Gasteiger partial charge is 0.481 e. The molecule has 2 aromatic heterocycles. The van der Waals surface area contributed by atoms with Gasteiger partial charge >= 0.3 is 5.97 Å². The second-order valence-electron chi connectivity index (χ2n) is 9.72. The number of β-amino-alcohol motifs (C(OH)–C–C–N with tert-alkyl or cyclic N) is 1. The number of benzene rings is 1. The monoisotopic (exact) mass is 477 g/mol. The smallest absolute Gasteiger partial charge is 0.306 e. The van der Waals surface area contributed by atoms with Crippen molar-refractivity contribution in [1.82, 2.24) is 19.5 Å². The van der Waals surface area contributed by atoms with Crippen LogP contribution in [-0.4, -0.2) is 60.8 Å². The van der Waals surface area contributed by atoms with Crippen molar-refractivity contribution < 1.29 is 19.8 Å². The van der Waals surface area contributed by atoms with Gasteiger partial charge in [-0.15, -0.1) is 5.10 Å². The molecule has 1 saturated heterocycles. The van der Waals surface area contributed by atoms with Gasteiger partial charge in [0, 0.05) is 24.6 Å². The lowest BCUT2D eigenvalue weighted by Gasteiger charge is -2.29. The number of anilines is 1. The molecule has 35 heavy (non-hydrogen) atoms. The molecular weight excluding hydrogens is 446 g/mol. The SMILES string of the molecule is O=C(Nc1nc2cccc(-c3ccc(CN4CCCC(O)C4)cc3)n2n1)C1CC1.O=C(O)C1CC1. The first-order valence-electron chi connectivity index (χ1n) is 12.4. The third-order valence-electron chi connectivity index (χ3n) is 6.61. The standard InChI is InChI=1S/C22H25N5O2.C4H6O2/c28-18-3-2-12-26(14-18)13-15-6-8-16(9-7-15)19-4-1-5-20-23-22(25-27(19)20)24-21(29)17-10-11-17;5-4(6)3-1-2-3/h1,4-9,17-18,28H,2-3,10-14H2,(H,24,25,29);3H,1-2H2,(H,5,6). The van der Waals surface area contributed by atoms with Crippen molar-refractivity contribution in [2.45, 2.75) is 51.2 Å². The van der Waals surface area contributed by atoms with Crippen LogP contribution in [0.25, 0.3) is 16.9 Å². The van der Waals surface area contributed by atoms with Gasteiger partial charge in [0.1, 0.15) is 0 Å². The Kier molecular flexibility index (Phi) is 6.79. The van der Waals surface area contributed by atoms with E-state index in [4.69, 9.17) is 5.11 Å². The quantitative estimate of drug-likeness (QED) is 0.499. The fourth-order valence-corrected chi connectivity index (χ4v) is 4.28. The molecule has 9 heteroatoms. The van der Waals surface area contributed by atoms with Crippen molar-refractivity contribution in [3.05, 3.63) is 48.0 Å². The topological polar surface area (TPSA) is 120 Å². The summed E-state index contributed by atoms with van der Waals surface area (Å²) in [5.74, 6) is -0.126.